The highest BCUT2D eigenvalue weighted by atomic mass is 32.2. The standard InChI is InChI=1S/C17H21F3N4O3S/c1-23(8-7-11-5-6-12(26-3)13(9-11)27-4)14(25)10-28-16-22-21-15(24(16)2)17(18,19)20/h5-6,9H,7-8,10H2,1-4H3. The predicted octanol–water partition coefficient (Wildman–Crippen LogP) is 2.64. The molecule has 7 nitrogen and oxygen atoms in total. The van der Waals surface area contributed by atoms with Crippen LogP contribution in [0, 0.1) is 0 Å². The number of alkyl halides is 3. The highest BCUT2D eigenvalue weighted by Gasteiger charge is 2.37. The Bertz CT molecular complexity index is 826. The molecule has 1 aromatic heterocycles. The highest BCUT2D eigenvalue weighted by molar-refractivity contribution is 7.99. The number of carbonyl (C=O) groups is 1. The van der Waals surface area contributed by atoms with Crippen molar-refractivity contribution in [3.05, 3.63) is 29.6 Å². The van der Waals surface area contributed by atoms with Gasteiger partial charge >= 0.3 is 6.18 Å². The minimum Gasteiger partial charge on any atom is -0.493 e. The van der Waals surface area contributed by atoms with E-state index in [-0.39, 0.29) is 16.8 Å². The molecule has 0 unspecified atom stereocenters. The lowest BCUT2D eigenvalue weighted by Gasteiger charge is -2.17. The lowest BCUT2D eigenvalue weighted by molar-refractivity contribution is -0.147. The number of likely N-dealkylation sites (N-methyl/N-ethyl adjacent to an activating group) is 1. The fraction of sp³-hybridized carbons (Fsp3) is 0.471. The summed E-state index contributed by atoms with van der Waals surface area (Å²) in [5.74, 6) is -0.126. The molecule has 1 heterocycles. The lowest BCUT2D eigenvalue weighted by Crippen LogP contribution is -2.30. The van der Waals surface area contributed by atoms with Gasteiger partial charge in [-0.3, -0.25) is 4.79 Å². The van der Waals surface area contributed by atoms with Crippen LogP contribution in [-0.2, 0) is 24.4 Å². The number of amides is 1. The Morgan fingerprint density at radius 3 is 2.46 bits per heavy atom. The van der Waals surface area contributed by atoms with Crippen molar-refractivity contribution in [3.8, 4) is 11.5 Å². The smallest absolute Gasteiger partial charge is 0.451 e. The lowest BCUT2D eigenvalue weighted by atomic mass is 10.1. The molecule has 2 aromatic rings. The van der Waals surface area contributed by atoms with Crippen molar-refractivity contribution in [3.63, 3.8) is 0 Å². The molecule has 0 saturated carbocycles. The van der Waals surface area contributed by atoms with E-state index in [2.05, 4.69) is 10.2 Å². The van der Waals surface area contributed by atoms with Gasteiger partial charge < -0.3 is 18.9 Å². The summed E-state index contributed by atoms with van der Waals surface area (Å²) in [6.45, 7) is 0.446. The first-order valence-electron chi connectivity index (χ1n) is 8.21. The molecule has 0 aliphatic rings. The maximum absolute atomic E-state index is 12.7. The quantitative estimate of drug-likeness (QED) is 0.614. The third-order valence-electron chi connectivity index (χ3n) is 4.02. The van der Waals surface area contributed by atoms with E-state index >= 15 is 0 Å². The summed E-state index contributed by atoms with van der Waals surface area (Å²) in [6.07, 6.45) is -3.99. The first kappa shape index (κ1) is 21.9. The first-order valence-corrected chi connectivity index (χ1v) is 9.20. The van der Waals surface area contributed by atoms with E-state index in [0.717, 1.165) is 21.9 Å². The molecule has 1 aromatic carbocycles. The molecule has 0 aliphatic heterocycles. The van der Waals surface area contributed by atoms with Crippen molar-refractivity contribution < 1.29 is 27.4 Å². The molecule has 0 bridgehead atoms. The Labute approximate surface area is 164 Å². The van der Waals surface area contributed by atoms with Crippen LogP contribution in [0.4, 0.5) is 13.2 Å². The monoisotopic (exact) mass is 418 g/mol. The molecule has 0 radical (unpaired) electrons. The van der Waals surface area contributed by atoms with E-state index in [1.165, 1.54) is 11.9 Å². The van der Waals surface area contributed by atoms with Crippen LogP contribution >= 0.6 is 11.8 Å². The second-order valence-corrected chi connectivity index (χ2v) is 6.85. The Kier molecular flexibility index (Phi) is 7.17. The van der Waals surface area contributed by atoms with Gasteiger partial charge in [-0.1, -0.05) is 17.8 Å². The summed E-state index contributed by atoms with van der Waals surface area (Å²) >= 11 is 0.915. The fourth-order valence-corrected chi connectivity index (χ4v) is 3.23. The van der Waals surface area contributed by atoms with Crippen molar-refractivity contribution >= 4 is 17.7 Å². The third-order valence-corrected chi connectivity index (χ3v) is 5.03. The number of hydrogen-bond donors (Lipinski definition) is 0. The van der Waals surface area contributed by atoms with E-state index in [0.29, 0.717) is 24.5 Å². The number of ether oxygens (including phenoxy) is 2. The van der Waals surface area contributed by atoms with Crippen molar-refractivity contribution in [2.75, 3.05) is 33.6 Å². The summed E-state index contributed by atoms with van der Waals surface area (Å²) in [5, 5.41) is 6.67. The third kappa shape index (κ3) is 5.31. The average molecular weight is 418 g/mol. The van der Waals surface area contributed by atoms with E-state index in [9.17, 15) is 18.0 Å². The fourth-order valence-electron chi connectivity index (χ4n) is 2.38. The van der Waals surface area contributed by atoms with Crippen molar-refractivity contribution in [1.82, 2.24) is 19.7 Å². The Morgan fingerprint density at radius 1 is 1.21 bits per heavy atom. The zero-order valence-corrected chi connectivity index (χ0v) is 16.7. The van der Waals surface area contributed by atoms with Gasteiger partial charge in [-0.05, 0) is 24.1 Å². The zero-order chi connectivity index (χ0) is 20.9. The molecule has 11 heteroatoms. The number of nitrogens with zero attached hydrogens (tertiary/aromatic N) is 4. The first-order chi connectivity index (χ1) is 13.2. The summed E-state index contributed by atoms with van der Waals surface area (Å²) in [4.78, 5) is 13.8. The van der Waals surface area contributed by atoms with Crippen molar-refractivity contribution in [2.45, 2.75) is 17.8 Å². The van der Waals surface area contributed by atoms with Gasteiger partial charge in [0.1, 0.15) is 0 Å². The minimum atomic E-state index is -4.58. The highest BCUT2D eigenvalue weighted by Crippen LogP contribution is 2.30. The van der Waals surface area contributed by atoms with Gasteiger partial charge in [-0.15, -0.1) is 10.2 Å². The summed E-state index contributed by atoms with van der Waals surface area (Å²) in [7, 11) is 5.96. The predicted molar refractivity (Wildman–Crippen MR) is 97.6 cm³/mol. The van der Waals surface area contributed by atoms with Gasteiger partial charge in [0.2, 0.25) is 11.7 Å². The van der Waals surface area contributed by atoms with E-state index in [1.807, 2.05) is 12.1 Å². The van der Waals surface area contributed by atoms with Crippen LogP contribution in [0.5, 0.6) is 11.5 Å². The molecule has 2 rings (SSSR count). The second kappa shape index (κ2) is 9.18. The van der Waals surface area contributed by atoms with Gasteiger partial charge in [-0.2, -0.15) is 13.2 Å². The number of methoxy groups -OCH3 is 2. The maximum atomic E-state index is 12.7. The SMILES string of the molecule is COc1ccc(CCN(C)C(=O)CSc2nnc(C(F)(F)F)n2C)cc1OC. The maximum Gasteiger partial charge on any atom is 0.451 e. The molecule has 0 atom stereocenters. The largest absolute Gasteiger partial charge is 0.493 e. The van der Waals surface area contributed by atoms with Gasteiger partial charge in [0.15, 0.2) is 16.7 Å². The van der Waals surface area contributed by atoms with Crippen molar-refractivity contribution in [1.29, 1.82) is 0 Å². The number of rotatable bonds is 8. The summed E-state index contributed by atoms with van der Waals surface area (Å²) in [5.41, 5.74) is 0.966. The van der Waals surface area contributed by atoms with Gasteiger partial charge in [0.25, 0.3) is 0 Å². The normalized spacial score (nSPS) is 11.4. The van der Waals surface area contributed by atoms with Crippen LogP contribution < -0.4 is 9.47 Å². The topological polar surface area (TPSA) is 69.5 Å². The summed E-state index contributed by atoms with van der Waals surface area (Å²) < 4.78 is 49.5. The Hall–Kier alpha value is -2.43. The van der Waals surface area contributed by atoms with Crippen LogP contribution in [0.2, 0.25) is 0 Å². The van der Waals surface area contributed by atoms with Crippen LogP contribution in [-0.4, -0.2) is 59.1 Å². The second-order valence-electron chi connectivity index (χ2n) is 5.91. The number of benzene rings is 1. The van der Waals surface area contributed by atoms with Gasteiger partial charge in [-0.25, -0.2) is 0 Å². The molecule has 1 amide bonds. The van der Waals surface area contributed by atoms with Crippen molar-refractivity contribution in [2.24, 2.45) is 7.05 Å². The molecule has 0 fully saturated rings. The molecule has 28 heavy (non-hydrogen) atoms. The molecule has 0 aliphatic carbocycles. The van der Waals surface area contributed by atoms with E-state index in [4.69, 9.17) is 9.47 Å². The molecule has 154 valence electrons. The Morgan fingerprint density at radius 2 is 1.89 bits per heavy atom. The molecule has 0 spiro atoms. The summed E-state index contributed by atoms with van der Waals surface area (Å²) in [6, 6.07) is 5.51. The molecular formula is C17H21F3N4O3S. The number of thioether (sulfide) groups is 1. The van der Waals surface area contributed by atoms with Crippen LogP contribution in [0.1, 0.15) is 11.4 Å². The van der Waals surface area contributed by atoms with Crippen LogP contribution in [0.3, 0.4) is 0 Å². The average Bonchev–Trinajstić information content (AvgIpc) is 3.04. The Balaban J connectivity index is 1.89. The number of hydrogen-bond acceptors (Lipinski definition) is 6. The molecular weight excluding hydrogens is 397 g/mol. The zero-order valence-electron chi connectivity index (χ0n) is 15.9. The molecule has 0 saturated heterocycles. The number of carbonyl (C=O) groups excluding carboxylic acids is 1. The molecule has 0 N–H and O–H groups in total. The van der Waals surface area contributed by atoms with E-state index in [1.54, 1.807) is 27.3 Å². The minimum absolute atomic E-state index is 0.0355. The van der Waals surface area contributed by atoms with Crippen LogP contribution in [0.25, 0.3) is 0 Å². The van der Waals surface area contributed by atoms with E-state index < -0.39 is 12.0 Å². The van der Waals surface area contributed by atoms with Crippen LogP contribution in [0.15, 0.2) is 23.4 Å². The van der Waals surface area contributed by atoms with Gasteiger partial charge in [0.05, 0.1) is 20.0 Å². The number of halogens is 3. The van der Waals surface area contributed by atoms with Gasteiger partial charge in [0, 0.05) is 20.6 Å². The number of aromatic nitrogens is 3.